The number of carbonyl (C=O) groups excluding carboxylic acids is 2. The van der Waals surface area contributed by atoms with Crippen LogP contribution in [0.4, 0.5) is 5.69 Å². The van der Waals surface area contributed by atoms with E-state index in [1.807, 2.05) is 39.0 Å². The molecule has 21 heavy (non-hydrogen) atoms. The van der Waals surface area contributed by atoms with Crippen molar-refractivity contribution in [1.82, 2.24) is 5.32 Å². The van der Waals surface area contributed by atoms with Gasteiger partial charge in [0, 0.05) is 18.7 Å². The molecule has 0 bridgehead atoms. The SMILES string of the molecule is CCN=C1NC(=O)[C@H](CC(=O)Nc2ccc(C)cc2C)S1. The van der Waals surface area contributed by atoms with E-state index in [0.29, 0.717) is 11.7 Å². The summed E-state index contributed by atoms with van der Waals surface area (Å²) < 4.78 is 0. The molecule has 2 amide bonds. The lowest BCUT2D eigenvalue weighted by Gasteiger charge is -2.10. The number of hydrogen-bond acceptors (Lipinski definition) is 4. The van der Waals surface area contributed by atoms with E-state index >= 15 is 0 Å². The molecule has 1 aliphatic rings. The minimum absolute atomic E-state index is 0.145. The summed E-state index contributed by atoms with van der Waals surface area (Å²) in [4.78, 5) is 28.0. The van der Waals surface area contributed by atoms with Crippen LogP contribution in [0.2, 0.25) is 0 Å². The molecule has 2 rings (SSSR count). The van der Waals surface area contributed by atoms with Crippen molar-refractivity contribution in [3.8, 4) is 0 Å². The Kier molecular flexibility index (Phi) is 5.01. The minimum atomic E-state index is -0.402. The first kappa shape index (κ1) is 15.6. The molecule has 2 N–H and O–H groups in total. The van der Waals surface area contributed by atoms with E-state index in [4.69, 9.17) is 0 Å². The average molecular weight is 305 g/mol. The number of thioether (sulfide) groups is 1. The minimum Gasteiger partial charge on any atom is -0.326 e. The van der Waals surface area contributed by atoms with E-state index in [2.05, 4.69) is 15.6 Å². The Balaban J connectivity index is 1.96. The third-order valence-corrected chi connectivity index (χ3v) is 4.22. The Morgan fingerprint density at radius 2 is 2.19 bits per heavy atom. The summed E-state index contributed by atoms with van der Waals surface area (Å²) in [5.41, 5.74) is 2.95. The van der Waals surface area contributed by atoms with Crippen LogP contribution < -0.4 is 10.6 Å². The van der Waals surface area contributed by atoms with Crippen molar-refractivity contribution in [2.45, 2.75) is 32.4 Å². The van der Waals surface area contributed by atoms with Gasteiger partial charge in [-0.15, -0.1) is 0 Å². The first-order valence-electron chi connectivity index (χ1n) is 6.88. The van der Waals surface area contributed by atoms with E-state index in [1.54, 1.807) is 0 Å². The fourth-order valence-electron chi connectivity index (χ4n) is 2.08. The van der Waals surface area contributed by atoms with E-state index in [0.717, 1.165) is 16.8 Å². The molecule has 0 spiro atoms. The zero-order chi connectivity index (χ0) is 15.4. The first-order chi connectivity index (χ1) is 9.99. The zero-order valence-electron chi connectivity index (χ0n) is 12.4. The Bertz CT molecular complexity index is 599. The highest BCUT2D eigenvalue weighted by Crippen LogP contribution is 2.23. The van der Waals surface area contributed by atoms with Crippen molar-refractivity contribution >= 4 is 34.4 Å². The lowest BCUT2D eigenvalue weighted by molar-refractivity contribution is -0.122. The second-order valence-corrected chi connectivity index (χ2v) is 6.14. The molecule has 0 aliphatic carbocycles. The van der Waals surface area contributed by atoms with Crippen LogP contribution in [0.1, 0.15) is 24.5 Å². The number of amidine groups is 1. The Hall–Kier alpha value is -1.82. The van der Waals surface area contributed by atoms with Gasteiger partial charge in [0.1, 0.15) is 5.25 Å². The van der Waals surface area contributed by atoms with Crippen LogP contribution in [-0.2, 0) is 9.59 Å². The fraction of sp³-hybridized carbons (Fsp3) is 0.400. The van der Waals surface area contributed by atoms with E-state index in [-0.39, 0.29) is 18.2 Å². The van der Waals surface area contributed by atoms with Crippen LogP contribution >= 0.6 is 11.8 Å². The van der Waals surface area contributed by atoms with Gasteiger partial charge >= 0.3 is 0 Å². The number of anilines is 1. The molecular formula is C15H19N3O2S. The Morgan fingerprint density at radius 3 is 2.86 bits per heavy atom. The van der Waals surface area contributed by atoms with Gasteiger partial charge in [-0.1, -0.05) is 29.5 Å². The lowest BCUT2D eigenvalue weighted by atomic mass is 10.1. The van der Waals surface area contributed by atoms with Crippen LogP contribution in [0.3, 0.4) is 0 Å². The normalized spacial score (nSPS) is 19.7. The number of nitrogens with one attached hydrogen (secondary N) is 2. The van der Waals surface area contributed by atoms with Crippen molar-refractivity contribution in [2.24, 2.45) is 4.99 Å². The van der Waals surface area contributed by atoms with Crippen molar-refractivity contribution in [3.63, 3.8) is 0 Å². The molecule has 1 saturated heterocycles. The van der Waals surface area contributed by atoms with E-state index in [1.165, 1.54) is 11.8 Å². The number of benzene rings is 1. The van der Waals surface area contributed by atoms with Gasteiger partial charge in [0.05, 0.1) is 0 Å². The zero-order valence-corrected chi connectivity index (χ0v) is 13.2. The van der Waals surface area contributed by atoms with Crippen LogP contribution in [0.5, 0.6) is 0 Å². The number of aliphatic imine (C=N–C) groups is 1. The molecule has 0 aromatic heterocycles. The van der Waals surface area contributed by atoms with E-state index in [9.17, 15) is 9.59 Å². The van der Waals surface area contributed by atoms with Gasteiger partial charge in [-0.05, 0) is 32.4 Å². The second kappa shape index (κ2) is 6.76. The lowest BCUT2D eigenvalue weighted by Crippen LogP contribution is -2.28. The number of hydrogen-bond donors (Lipinski definition) is 2. The molecule has 112 valence electrons. The van der Waals surface area contributed by atoms with Crippen LogP contribution in [0.15, 0.2) is 23.2 Å². The predicted molar refractivity (Wildman–Crippen MR) is 86.7 cm³/mol. The predicted octanol–water partition coefficient (Wildman–Crippen LogP) is 2.24. The molecule has 6 heteroatoms. The molecule has 0 saturated carbocycles. The second-order valence-electron chi connectivity index (χ2n) is 4.95. The largest absolute Gasteiger partial charge is 0.326 e. The maximum atomic E-state index is 12.1. The highest BCUT2D eigenvalue weighted by atomic mass is 32.2. The third-order valence-electron chi connectivity index (χ3n) is 3.10. The molecule has 5 nitrogen and oxygen atoms in total. The third kappa shape index (κ3) is 4.07. The number of rotatable bonds is 4. The highest BCUT2D eigenvalue weighted by molar-refractivity contribution is 8.15. The fourth-order valence-corrected chi connectivity index (χ4v) is 3.12. The molecule has 1 aromatic rings. The quantitative estimate of drug-likeness (QED) is 0.896. The molecule has 0 radical (unpaired) electrons. The van der Waals surface area contributed by atoms with Crippen LogP contribution in [0, 0.1) is 13.8 Å². The van der Waals surface area contributed by atoms with Gasteiger partial charge in [0.15, 0.2) is 5.17 Å². The summed E-state index contributed by atoms with van der Waals surface area (Å²) in [5.74, 6) is -0.310. The van der Waals surface area contributed by atoms with Gasteiger partial charge in [-0.25, -0.2) is 0 Å². The topological polar surface area (TPSA) is 70.6 Å². The van der Waals surface area contributed by atoms with Crippen LogP contribution in [-0.4, -0.2) is 28.8 Å². The van der Waals surface area contributed by atoms with Gasteiger partial charge < -0.3 is 10.6 Å². The van der Waals surface area contributed by atoms with Gasteiger partial charge in [-0.3, -0.25) is 14.6 Å². The highest BCUT2D eigenvalue weighted by Gasteiger charge is 2.31. The van der Waals surface area contributed by atoms with Crippen molar-refractivity contribution in [3.05, 3.63) is 29.3 Å². The number of nitrogens with zero attached hydrogens (tertiary/aromatic N) is 1. The molecule has 1 heterocycles. The summed E-state index contributed by atoms with van der Waals surface area (Å²) >= 11 is 1.32. The molecule has 1 aliphatic heterocycles. The smallest absolute Gasteiger partial charge is 0.240 e. The average Bonchev–Trinajstić information content (AvgIpc) is 2.74. The maximum Gasteiger partial charge on any atom is 0.240 e. The molecule has 1 atom stereocenters. The van der Waals surface area contributed by atoms with Gasteiger partial charge in [0.25, 0.3) is 0 Å². The van der Waals surface area contributed by atoms with E-state index < -0.39 is 5.25 Å². The monoisotopic (exact) mass is 305 g/mol. The Morgan fingerprint density at radius 1 is 1.43 bits per heavy atom. The number of amides is 2. The summed E-state index contributed by atoms with van der Waals surface area (Å²) in [6.45, 7) is 6.47. The van der Waals surface area contributed by atoms with Crippen molar-refractivity contribution in [2.75, 3.05) is 11.9 Å². The van der Waals surface area contributed by atoms with Crippen molar-refractivity contribution < 1.29 is 9.59 Å². The van der Waals surface area contributed by atoms with Gasteiger partial charge in [0.2, 0.25) is 11.8 Å². The summed E-state index contributed by atoms with van der Waals surface area (Å²) in [5, 5.41) is 5.75. The molecule has 1 fully saturated rings. The first-order valence-corrected chi connectivity index (χ1v) is 7.76. The number of aryl methyl sites for hydroxylation is 2. The summed E-state index contributed by atoms with van der Waals surface area (Å²) in [7, 11) is 0. The molecule has 1 aromatic carbocycles. The van der Waals surface area contributed by atoms with Crippen LogP contribution in [0.25, 0.3) is 0 Å². The Labute approximate surface area is 128 Å². The van der Waals surface area contributed by atoms with Crippen molar-refractivity contribution in [1.29, 1.82) is 0 Å². The molecule has 0 unspecified atom stereocenters. The summed E-state index contributed by atoms with van der Waals surface area (Å²) in [6, 6.07) is 5.85. The molecular weight excluding hydrogens is 286 g/mol. The van der Waals surface area contributed by atoms with Gasteiger partial charge in [-0.2, -0.15) is 0 Å². The summed E-state index contributed by atoms with van der Waals surface area (Å²) in [6.07, 6.45) is 0.145. The maximum absolute atomic E-state index is 12.1. The number of carbonyl (C=O) groups is 2. The standard InChI is InChI=1S/C15H19N3O2S/c1-4-16-15-18-14(20)12(21-15)8-13(19)17-11-6-5-9(2)7-10(11)3/h5-7,12H,4,8H2,1-3H3,(H,17,19)(H,16,18,20)/t12-/m0/s1.